The molecule has 3 saturated carbocycles. The van der Waals surface area contributed by atoms with Crippen molar-refractivity contribution in [1.29, 1.82) is 0 Å². The van der Waals surface area contributed by atoms with Crippen molar-refractivity contribution >= 4 is 5.78 Å². The second-order valence-corrected chi connectivity index (χ2v) is 11.2. The average molecular weight is 403 g/mol. The summed E-state index contributed by atoms with van der Waals surface area (Å²) in [6, 6.07) is 0. The monoisotopic (exact) mass is 402 g/mol. The van der Waals surface area contributed by atoms with Crippen LogP contribution in [-0.4, -0.2) is 37.7 Å². The van der Waals surface area contributed by atoms with Gasteiger partial charge in [-0.2, -0.15) is 4.80 Å². The lowest BCUT2D eigenvalue weighted by molar-refractivity contribution is -0.150. The summed E-state index contributed by atoms with van der Waals surface area (Å²) in [4.78, 5) is 14.7. The van der Waals surface area contributed by atoms with Crippen molar-refractivity contribution < 1.29 is 9.90 Å². The van der Waals surface area contributed by atoms with Crippen LogP contribution in [0.3, 0.4) is 0 Å². The summed E-state index contributed by atoms with van der Waals surface area (Å²) in [6.45, 7) is 12.1. The van der Waals surface area contributed by atoms with Gasteiger partial charge in [0, 0.05) is 12.5 Å². The predicted molar refractivity (Wildman–Crippen MR) is 111 cm³/mol. The second-order valence-electron chi connectivity index (χ2n) is 11.2. The average Bonchev–Trinajstić information content (AvgIpc) is 3.20. The van der Waals surface area contributed by atoms with Crippen LogP contribution in [0.2, 0.25) is 0 Å². The molecule has 4 rings (SSSR count). The van der Waals surface area contributed by atoms with E-state index >= 15 is 0 Å². The lowest BCUT2D eigenvalue weighted by Crippen LogP contribution is -2.56. The number of aliphatic hydroxyl groups excluding tert-OH is 1. The van der Waals surface area contributed by atoms with Crippen LogP contribution in [-0.2, 0) is 11.3 Å². The molecular weight excluding hydrogens is 364 g/mol. The molecule has 0 radical (unpaired) electrons. The topological polar surface area (TPSA) is 80.9 Å². The van der Waals surface area contributed by atoms with Crippen LogP contribution in [0.1, 0.15) is 78.5 Å². The minimum Gasteiger partial charge on any atom is -0.396 e. The van der Waals surface area contributed by atoms with Crippen LogP contribution in [0.25, 0.3) is 0 Å². The number of nitrogens with zero attached hydrogens (tertiary/aromatic N) is 4. The van der Waals surface area contributed by atoms with Gasteiger partial charge in [0.1, 0.15) is 6.54 Å². The summed E-state index contributed by atoms with van der Waals surface area (Å²) < 4.78 is 0. The number of fused-ring (bicyclic) bond motifs is 3. The molecule has 0 aromatic carbocycles. The number of hydrogen-bond donors (Lipinski definition) is 1. The number of rotatable bonds is 5. The van der Waals surface area contributed by atoms with Gasteiger partial charge < -0.3 is 5.11 Å². The zero-order valence-corrected chi connectivity index (χ0v) is 18.8. The first kappa shape index (κ1) is 21.0. The van der Waals surface area contributed by atoms with Gasteiger partial charge in [-0.3, -0.25) is 4.79 Å². The van der Waals surface area contributed by atoms with Gasteiger partial charge in [0.2, 0.25) is 0 Å². The third kappa shape index (κ3) is 3.26. The number of aryl methyl sites for hydroxylation is 1. The fraction of sp³-hybridized carbons (Fsp3) is 0.913. The fourth-order valence-electron chi connectivity index (χ4n) is 8.03. The zero-order valence-electron chi connectivity index (χ0n) is 18.8. The van der Waals surface area contributed by atoms with E-state index in [0.717, 1.165) is 25.7 Å². The molecule has 0 spiro atoms. The lowest BCUT2D eigenvalue weighted by Gasteiger charge is -2.62. The fourth-order valence-corrected chi connectivity index (χ4v) is 8.03. The Morgan fingerprint density at radius 1 is 1.21 bits per heavy atom. The minimum absolute atomic E-state index is 0.0803. The highest BCUT2D eigenvalue weighted by Gasteiger charge is 2.63. The number of carbonyl (C=O) groups excluding carboxylic acids is 1. The third-order valence-corrected chi connectivity index (χ3v) is 9.55. The Kier molecular flexibility index (Phi) is 5.16. The van der Waals surface area contributed by atoms with Crippen molar-refractivity contribution in [3.8, 4) is 0 Å². The number of hydrogen-bond acceptors (Lipinski definition) is 5. The van der Waals surface area contributed by atoms with Crippen molar-refractivity contribution in [3.63, 3.8) is 0 Å². The van der Waals surface area contributed by atoms with Crippen LogP contribution in [0.5, 0.6) is 0 Å². The Hall–Kier alpha value is -1.30. The van der Waals surface area contributed by atoms with E-state index in [0.29, 0.717) is 35.6 Å². The highest BCUT2D eigenvalue weighted by atomic mass is 16.3. The van der Waals surface area contributed by atoms with Gasteiger partial charge in [-0.15, -0.1) is 10.2 Å². The summed E-state index contributed by atoms with van der Waals surface area (Å²) in [7, 11) is 0. The van der Waals surface area contributed by atoms with E-state index in [9.17, 15) is 9.90 Å². The molecule has 1 heterocycles. The third-order valence-electron chi connectivity index (χ3n) is 9.55. The van der Waals surface area contributed by atoms with E-state index in [1.54, 1.807) is 6.92 Å². The van der Waals surface area contributed by atoms with Gasteiger partial charge in [0.15, 0.2) is 11.6 Å². The van der Waals surface area contributed by atoms with Gasteiger partial charge in [-0.05, 0) is 91.1 Å². The lowest BCUT2D eigenvalue weighted by atomic mass is 9.42. The molecule has 1 aromatic heterocycles. The Morgan fingerprint density at radius 3 is 2.62 bits per heavy atom. The maximum atomic E-state index is 13.3. The molecule has 29 heavy (non-hydrogen) atoms. The molecule has 162 valence electrons. The molecule has 0 amide bonds. The molecule has 3 aliphatic rings. The smallest absolute Gasteiger partial charge is 0.171 e. The van der Waals surface area contributed by atoms with E-state index in [1.807, 2.05) is 0 Å². The SMILES string of the molecule is Cc1nnn(CC(=O)[C@H]2CC[C@@H]3[C@]2(C)CC[C@@H]2C[C@](C)(CCO)C[C@@H](C)[C@]23C)n1. The van der Waals surface area contributed by atoms with Gasteiger partial charge in [0.25, 0.3) is 0 Å². The minimum atomic E-state index is 0.0803. The van der Waals surface area contributed by atoms with Crippen molar-refractivity contribution in [1.82, 2.24) is 20.2 Å². The first-order chi connectivity index (χ1) is 13.6. The van der Waals surface area contributed by atoms with Crippen LogP contribution in [0, 0.1) is 46.8 Å². The second kappa shape index (κ2) is 7.14. The normalized spacial score (nSPS) is 44.3. The van der Waals surface area contributed by atoms with E-state index in [-0.39, 0.29) is 29.1 Å². The number of Topliss-reactive ketones (excluding diaryl/α,β-unsaturated/α-hetero) is 1. The molecule has 6 nitrogen and oxygen atoms in total. The number of aromatic nitrogens is 4. The van der Waals surface area contributed by atoms with Crippen LogP contribution in [0.4, 0.5) is 0 Å². The van der Waals surface area contributed by atoms with Crippen molar-refractivity contribution in [2.75, 3.05) is 6.61 Å². The highest BCUT2D eigenvalue weighted by Crippen LogP contribution is 2.70. The summed E-state index contributed by atoms with van der Waals surface area (Å²) >= 11 is 0. The van der Waals surface area contributed by atoms with E-state index in [2.05, 4.69) is 43.1 Å². The molecule has 1 aromatic rings. The van der Waals surface area contributed by atoms with Crippen molar-refractivity contribution in [2.45, 2.75) is 86.1 Å². The molecule has 7 atom stereocenters. The summed E-state index contributed by atoms with van der Waals surface area (Å²) in [5, 5.41) is 21.7. The van der Waals surface area contributed by atoms with E-state index < -0.39 is 0 Å². The van der Waals surface area contributed by atoms with Gasteiger partial charge in [-0.25, -0.2) is 0 Å². The molecule has 0 aliphatic heterocycles. The zero-order chi connectivity index (χ0) is 21.0. The van der Waals surface area contributed by atoms with Gasteiger partial charge in [-0.1, -0.05) is 27.7 Å². The maximum absolute atomic E-state index is 13.3. The maximum Gasteiger partial charge on any atom is 0.171 e. The van der Waals surface area contributed by atoms with Gasteiger partial charge >= 0.3 is 0 Å². The Labute approximate surface area is 174 Å². The van der Waals surface area contributed by atoms with E-state index in [4.69, 9.17) is 0 Å². The van der Waals surface area contributed by atoms with Crippen LogP contribution >= 0.6 is 0 Å². The Balaban J connectivity index is 1.56. The molecule has 0 unspecified atom stereocenters. The number of tetrazole rings is 1. The molecular formula is C23H38N4O2. The van der Waals surface area contributed by atoms with E-state index in [1.165, 1.54) is 24.1 Å². The molecule has 6 heteroatoms. The quantitative estimate of drug-likeness (QED) is 0.810. The summed E-state index contributed by atoms with van der Waals surface area (Å²) in [6.07, 6.45) is 7.83. The number of aliphatic hydroxyl groups is 1. The molecule has 1 N–H and O–H groups in total. The molecule has 3 fully saturated rings. The summed E-state index contributed by atoms with van der Waals surface area (Å²) in [5.74, 6) is 2.92. The highest BCUT2D eigenvalue weighted by molar-refractivity contribution is 5.82. The predicted octanol–water partition coefficient (Wildman–Crippen LogP) is 3.82. The number of ketones is 1. The number of carbonyl (C=O) groups is 1. The van der Waals surface area contributed by atoms with Crippen molar-refractivity contribution in [3.05, 3.63) is 5.82 Å². The first-order valence-electron chi connectivity index (χ1n) is 11.5. The molecule has 3 aliphatic carbocycles. The summed E-state index contributed by atoms with van der Waals surface area (Å²) in [5.41, 5.74) is 0.632. The molecule has 0 saturated heterocycles. The van der Waals surface area contributed by atoms with Crippen molar-refractivity contribution in [2.24, 2.45) is 39.9 Å². The van der Waals surface area contributed by atoms with Crippen LogP contribution < -0.4 is 0 Å². The van der Waals surface area contributed by atoms with Gasteiger partial charge in [0.05, 0.1) is 0 Å². The molecule has 0 bridgehead atoms. The first-order valence-corrected chi connectivity index (χ1v) is 11.5. The Bertz CT molecular complexity index is 779. The largest absolute Gasteiger partial charge is 0.396 e. The van der Waals surface area contributed by atoms with Crippen LogP contribution in [0.15, 0.2) is 0 Å². The Morgan fingerprint density at radius 2 is 1.97 bits per heavy atom. The standard InChI is InChI=1S/C23H38N4O2/c1-15-12-21(3,10-11-28)13-17-8-9-22(4)18(6-7-20(22)23(15,17)5)19(29)14-27-25-16(2)24-26-27/h15,17-18,20,28H,6-14H2,1-5H3/t15-,17-,18-,20-,21-,22-,23-/m1/s1.